The Kier molecular flexibility index (Phi) is 4.55. The van der Waals surface area contributed by atoms with Crippen LogP contribution >= 0.6 is 0 Å². The number of benzene rings is 1. The number of ether oxygens (including phenoxy) is 1. The molecule has 2 bridgehead atoms. The highest BCUT2D eigenvalue weighted by molar-refractivity contribution is 5.81. The number of aromatic nitrogens is 2. The molecule has 3 aliphatic rings. The Balaban J connectivity index is 1.49. The van der Waals surface area contributed by atoms with Gasteiger partial charge in [0.25, 0.3) is 0 Å². The van der Waals surface area contributed by atoms with Crippen LogP contribution in [0.1, 0.15) is 64.0 Å². The molecule has 1 saturated heterocycles. The van der Waals surface area contributed by atoms with Crippen molar-refractivity contribution in [3.05, 3.63) is 29.6 Å². The van der Waals surface area contributed by atoms with E-state index in [1.54, 1.807) is 7.11 Å². The third kappa shape index (κ3) is 2.70. The zero-order valence-corrected chi connectivity index (χ0v) is 19.1. The normalized spacial score (nSPS) is 32.8. The number of hydrogen-bond acceptors (Lipinski definition) is 3. The summed E-state index contributed by atoms with van der Waals surface area (Å²) in [6, 6.07) is 4.90. The van der Waals surface area contributed by atoms with Crippen molar-refractivity contribution in [2.45, 2.75) is 76.9 Å². The van der Waals surface area contributed by atoms with Crippen molar-refractivity contribution in [1.29, 1.82) is 0 Å². The predicted molar refractivity (Wildman–Crippen MR) is 118 cm³/mol. The largest absolute Gasteiger partial charge is 0.381 e. The fraction of sp³-hybridized carbons (Fsp3) is 0.680. The molecule has 2 atom stereocenters. The molecule has 0 radical (unpaired) electrons. The SMILES string of the molecule is COC1CCC(C(=O)N2CC[C@@]3(C)c4cc5c(cc4C[C@H]2C3(C)C)ncn5C)CC1. The molecule has 2 aliphatic carbocycles. The number of hydrogen-bond donors (Lipinski definition) is 0. The van der Waals surface area contributed by atoms with E-state index < -0.39 is 0 Å². The van der Waals surface area contributed by atoms with E-state index in [-0.39, 0.29) is 22.8 Å². The molecule has 1 aliphatic heterocycles. The van der Waals surface area contributed by atoms with Crippen LogP contribution in [0.15, 0.2) is 18.5 Å². The molecule has 1 saturated carbocycles. The highest BCUT2D eigenvalue weighted by Crippen LogP contribution is 2.56. The van der Waals surface area contributed by atoms with E-state index in [1.807, 2.05) is 6.33 Å². The summed E-state index contributed by atoms with van der Waals surface area (Å²) >= 11 is 0. The van der Waals surface area contributed by atoms with Gasteiger partial charge in [-0.3, -0.25) is 4.79 Å². The molecule has 1 amide bonds. The molecule has 162 valence electrons. The zero-order chi connectivity index (χ0) is 21.3. The molecule has 1 aromatic heterocycles. The molecule has 2 fully saturated rings. The van der Waals surface area contributed by atoms with E-state index in [2.05, 4.69) is 54.4 Å². The maximum Gasteiger partial charge on any atom is 0.225 e. The number of carbonyl (C=O) groups is 1. The van der Waals surface area contributed by atoms with Gasteiger partial charge in [0.05, 0.1) is 23.5 Å². The monoisotopic (exact) mass is 409 g/mol. The van der Waals surface area contributed by atoms with Crippen molar-refractivity contribution in [1.82, 2.24) is 14.5 Å². The van der Waals surface area contributed by atoms with Crippen LogP contribution in [-0.4, -0.2) is 46.2 Å². The number of likely N-dealkylation sites (tertiary alicyclic amines) is 1. The minimum atomic E-state index is 0.0317. The lowest BCUT2D eigenvalue weighted by atomic mass is 9.51. The van der Waals surface area contributed by atoms with Gasteiger partial charge in [-0.15, -0.1) is 0 Å². The number of carbonyl (C=O) groups excluding carboxylic acids is 1. The van der Waals surface area contributed by atoms with E-state index in [9.17, 15) is 4.79 Å². The van der Waals surface area contributed by atoms with Gasteiger partial charge >= 0.3 is 0 Å². The van der Waals surface area contributed by atoms with Gasteiger partial charge in [0, 0.05) is 38.1 Å². The van der Waals surface area contributed by atoms with Gasteiger partial charge < -0.3 is 14.2 Å². The summed E-state index contributed by atoms with van der Waals surface area (Å²) < 4.78 is 7.64. The highest BCUT2D eigenvalue weighted by Gasteiger charge is 2.57. The van der Waals surface area contributed by atoms with Crippen LogP contribution < -0.4 is 0 Å². The first kappa shape index (κ1) is 20.0. The van der Waals surface area contributed by atoms with E-state index in [0.717, 1.165) is 50.6 Å². The van der Waals surface area contributed by atoms with Crippen LogP contribution in [0.3, 0.4) is 0 Å². The van der Waals surface area contributed by atoms with Crippen LogP contribution in [0.4, 0.5) is 0 Å². The first-order valence-electron chi connectivity index (χ1n) is 11.5. The van der Waals surface area contributed by atoms with Crippen molar-refractivity contribution in [2.24, 2.45) is 18.4 Å². The number of methoxy groups -OCH3 is 1. The lowest BCUT2D eigenvalue weighted by Gasteiger charge is -2.61. The van der Waals surface area contributed by atoms with Gasteiger partial charge in [-0.05, 0) is 67.2 Å². The minimum absolute atomic E-state index is 0.0317. The molecular formula is C25H35N3O2. The highest BCUT2D eigenvalue weighted by atomic mass is 16.5. The molecule has 5 nitrogen and oxygen atoms in total. The number of imidazole rings is 1. The Labute approximate surface area is 179 Å². The Bertz CT molecular complexity index is 986. The third-order valence-corrected chi connectivity index (χ3v) is 9.08. The van der Waals surface area contributed by atoms with E-state index in [1.165, 1.54) is 16.6 Å². The van der Waals surface area contributed by atoms with Crippen molar-refractivity contribution in [3.63, 3.8) is 0 Å². The number of amides is 1. The molecule has 0 unspecified atom stereocenters. The van der Waals surface area contributed by atoms with Crippen molar-refractivity contribution >= 4 is 16.9 Å². The second-order valence-electron chi connectivity index (χ2n) is 10.6. The van der Waals surface area contributed by atoms with Crippen LogP contribution in [0.5, 0.6) is 0 Å². The van der Waals surface area contributed by atoms with Crippen molar-refractivity contribution < 1.29 is 9.53 Å². The zero-order valence-electron chi connectivity index (χ0n) is 19.1. The first-order chi connectivity index (χ1) is 14.3. The Morgan fingerprint density at radius 1 is 1.17 bits per heavy atom. The van der Waals surface area contributed by atoms with Gasteiger partial charge in [0.15, 0.2) is 0 Å². The smallest absolute Gasteiger partial charge is 0.225 e. The van der Waals surface area contributed by atoms with E-state index in [0.29, 0.717) is 12.0 Å². The molecule has 0 spiro atoms. The summed E-state index contributed by atoms with van der Waals surface area (Å²) in [5.74, 6) is 0.545. The van der Waals surface area contributed by atoms with Crippen molar-refractivity contribution in [3.8, 4) is 0 Å². The number of aryl methyl sites for hydroxylation is 1. The molecule has 0 N–H and O–H groups in total. The number of nitrogens with zero attached hydrogens (tertiary/aromatic N) is 3. The molecule has 2 aromatic rings. The molecule has 30 heavy (non-hydrogen) atoms. The lowest BCUT2D eigenvalue weighted by Crippen LogP contribution is -2.65. The lowest BCUT2D eigenvalue weighted by molar-refractivity contribution is -0.150. The summed E-state index contributed by atoms with van der Waals surface area (Å²) in [5.41, 5.74) is 5.21. The van der Waals surface area contributed by atoms with Gasteiger partial charge in [-0.2, -0.15) is 0 Å². The topological polar surface area (TPSA) is 47.4 Å². The number of fused-ring (bicyclic) bond motifs is 5. The maximum absolute atomic E-state index is 13.6. The Morgan fingerprint density at radius 3 is 2.60 bits per heavy atom. The second-order valence-corrected chi connectivity index (χ2v) is 10.6. The summed E-state index contributed by atoms with van der Waals surface area (Å²) in [4.78, 5) is 20.5. The summed E-state index contributed by atoms with van der Waals surface area (Å²) in [6.45, 7) is 8.06. The standard InChI is InChI=1S/C25H35N3O2/c1-24(2)22-13-17-12-20-21(27(4)15-26-20)14-19(17)25(24,3)10-11-28(22)23(29)16-6-8-18(30-5)9-7-16/h12,14-16,18,22H,6-11,13H2,1-5H3/t16?,18?,22-,25-/m0/s1. The van der Waals surface area contributed by atoms with Crippen LogP contribution in [-0.2, 0) is 28.4 Å². The average molecular weight is 410 g/mol. The summed E-state index contributed by atoms with van der Waals surface area (Å²) in [6.07, 6.45) is 8.13. The van der Waals surface area contributed by atoms with Gasteiger partial charge in [-0.25, -0.2) is 4.98 Å². The number of rotatable bonds is 2. The first-order valence-corrected chi connectivity index (χ1v) is 11.5. The van der Waals surface area contributed by atoms with E-state index >= 15 is 0 Å². The van der Waals surface area contributed by atoms with Gasteiger partial charge in [0.2, 0.25) is 5.91 Å². The second kappa shape index (κ2) is 6.81. The quantitative estimate of drug-likeness (QED) is 0.746. The van der Waals surface area contributed by atoms with E-state index in [4.69, 9.17) is 4.74 Å². The Morgan fingerprint density at radius 2 is 1.90 bits per heavy atom. The fourth-order valence-electron chi connectivity index (χ4n) is 6.58. The summed E-state index contributed by atoms with van der Waals surface area (Å²) in [7, 11) is 3.86. The molecular weight excluding hydrogens is 374 g/mol. The Hall–Kier alpha value is -1.88. The van der Waals surface area contributed by atoms with Gasteiger partial charge in [-0.1, -0.05) is 20.8 Å². The minimum Gasteiger partial charge on any atom is -0.381 e. The molecule has 1 aromatic carbocycles. The summed E-state index contributed by atoms with van der Waals surface area (Å²) in [5, 5.41) is 0. The molecule has 5 heteroatoms. The number of piperidine rings is 1. The maximum atomic E-state index is 13.6. The third-order valence-electron chi connectivity index (χ3n) is 9.08. The van der Waals surface area contributed by atoms with Crippen LogP contribution in [0.25, 0.3) is 11.0 Å². The van der Waals surface area contributed by atoms with Crippen molar-refractivity contribution in [2.75, 3.05) is 13.7 Å². The van der Waals surface area contributed by atoms with Crippen LogP contribution in [0, 0.1) is 11.3 Å². The van der Waals surface area contributed by atoms with Crippen LogP contribution in [0.2, 0.25) is 0 Å². The average Bonchev–Trinajstić information content (AvgIpc) is 3.09. The fourth-order valence-corrected chi connectivity index (χ4v) is 6.58. The molecule has 5 rings (SSSR count). The van der Waals surface area contributed by atoms with Gasteiger partial charge in [0.1, 0.15) is 0 Å². The predicted octanol–water partition coefficient (Wildman–Crippen LogP) is 4.22. The molecule has 2 heterocycles.